The van der Waals surface area contributed by atoms with E-state index in [4.69, 9.17) is 0 Å². The summed E-state index contributed by atoms with van der Waals surface area (Å²) < 4.78 is 13.4. The van der Waals surface area contributed by atoms with Crippen LogP contribution in [-0.2, 0) is 4.79 Å². The summed E-state index contributed by atoms with van der Waals surface area (Å²) in [6, 6.07) is 4.45. The molecule has 1 aromatic carbocycles. The van der Waals surface area contributed by atoms with Crippen LogP contribution in [0.25, 0.3) is 0 Å². The fourth-order valence-corrected chi connectivity index (χ4v) is 3.04. The van der Waals surface area contributed by atoms with Crippen molar-refractivity contribution in [3.05, 3.63) is 29.6 Å². The molecule has 2 unspecified atom stereocenters. The molecule has 2 atom stereocenters. The van der Waals surface area contributed by atoms with Crippen LogP contribution in [0.1, 0.15) is 18.9 Å². The van der Waals surface area contributed by atoms with Crippen molar-refractivity contribution >= 4 is 29.4 Å². The maximum Gasteiger partial charge on any atom is 0.315 e. The second-order valence-electron chi connectivity index (χ2n) is 5.07. The number of nitrogens with one attached hydrogen (secondary N) is 3. The fraction of sp³-hybridized carbons (Fsp3) is 0.429. The van der Waals surface area contributed by atoms with Crippen LogP contribution in [0.5, 0.6) is 0 Å². The Hall–Kier alpha value is -1.76. The number of anilines is 1. The van der Waals surface area contributed by atoms with E-state index in [1.807, 2.05) is 6.92 Å². The van der Waals surface area contributed by atoms with E-state index in [2.05, 4.69) is 16.0 Å². The minimum Gasteiger partial charge on any atom is -0.336 e. The van der Waals surface area contributed by atoms with Crippen molar-refractivity contribution in [2.45, 2.75) is 31.7 Å². The van der Waals surface area contributed by atoms with E-state index in [-0.39, 0.29) is 34.9 Å². The number of benzene rings is 1. The predicted molar refractivity (Wildman–Crippen MR) is 81.8 cm³/mol. The third-order valence-electron chi connectivity index (χ3n) is 3.11. The van der Waals surface area contributed by atoms with Crippen molar-refractivity contribution in [1.82, 2.24) is 10.6 Å². The monoisotopic (exact) mass is 311 g/mol. The predicted octanol–water partition coefficient (Wildman–Crippen LogP) is 2.22. The van der Waals surface area contributed by atoms with Gasteiger partial charge in [-0.2, -0.15) is 0 Å². The molecule has 0 bridgehead atoms. The van der Waals surface area contributed by atoms with Crippen LogP contribution in [-0.4, -0.2) is 29.1 Å². The molecule has 1 saturated heterocycles. The van der Waals surface area contributed by atoms with E-state index >= 15 is 0 Å². The van der Waals surface area contributed by atoms with Crippen LogP contribution in [0.15, 0.2) is 18.2 Å². The van der Waals surface area contributed by atoms with Crippen molar-refractivity contribution in [2.75, 3.05) is 11.1 Å². The number of amides is 3. The van der Waals surface area contributed by atoms with Gasteiger partial charge in [-0.15, -0.1) is 11.8 Å². The van der Waals surface area contributed by atoms with Crippen LogP contribution in [0.2, 0.25) is 0 Å². The topological polar surface area (TPSA) is 70.2 Å². The third-order valence-corrected chi connectivity index (χ3v) is 4.25. The fourth-order valence-electron chi connectivity index (χ4n) is 2.00. The number of hydrogen-bond donors (Lipinski definition) is 3. The maximum absolute atomic E-state index is 13.4. The second-order valence-corrected chi connectivity index (χ2v) is 6.26. The molecular weight excluding hydrogens is 293 g/mol. The molecule has 0 aromatic heterocycles. The van der Waals surface area contributed by atoms with Gasteiger partial charge in [-0.1, -0.05) is 6.07 Å². The lowest BCUT2D eigenvalue weighted by Crippen LogP contribution is -2.52. The summed E-state index contributed by atoms with van der Waals surface area (Å²) in [6.07, 6.45) is 0.753. The Balaban J connectivity index is 1.81. The smallest absolute Gasteiger partial charge is 0.315 e. The number of aryl methyl sites for hydroxylation is 1. The van der Waals surface area contributed by atoms with Gasteiger partial charge in [-0.05, 0) is 38.0 Å². The van der Waals surface area contributed by atoms with E-state index in [1.165, 1.54) is 17.8 Å². The van der Waals surface area contributed by atoms with Crippen LogP contribution in [0.3, 0.4) is 0 Å². The second kappa shape index (κ2) is 6.80. The Labute approximate surface area is 127 Å². The highest BCUT2D eigenvalue weighted by molar-refractivity contribution is 8.00. The Morgan fingerprint density at radius 1 is 1.48 bits per heavy atom. The summed E-state index contributed by atoms with van der Waals surface area (Å²) in [5.74, 6) is -0.365. The largest absolute Gasteiger partial charge is 0.336 e. The summed E-state index contributed by atoms with van der Waals surface area (Å²) in [7, 11) is 0. The minimum absolute atomic E-state index is 0.0884. The molecule has 3 N–H and O–H groups in total. The number of urea groups is 1. The summed E-state index contributed by atoms with van der Waals surface area (Å²) in [4.78, 5) is 23.1. The number of thioether (sulfide) groups is 1. The van der Waals surface area contributed by atoms with Gasteiger partial charge in [0.2, 0.25) is 5.91 Å². The lowest BCUT2D eigenvalue weighted by Gasteiger charge is -2.28. The Kier molecular flexibility index (Phi) is 5.06. The molecule has 3 amide bonds. The summed E-state index contributed by atoms with van der Waals surface area (Å²) >= 11 is 1.36. The molecule has 0 aliphatic carbocycles. The molecule has 0 spiro atoms. The average molecular weight is 311 g/mol. The van der Waals surface area contributed by atoms with E-state index < -0.39 is 0 Å². The molecule has 1 fully saturated rings. The molecular formula is C14H18FN3O2S. The molecule has 1 heterocycles. The van der Waals surface area contributed by atoms with Gasteiger partial charge < -0.3 is 16.0 Å². The van der Waals surface area contributed by atoms with Gasteiger partial charge in [0.1, 0.15) is 5.82 Å². The van der Waals surface area contributed by atoms with Gasteiger partial charge >= 0.3 is 6.03 Å². The van der Waals surface area contributed by atoms with Gasteiger partial charge in [0, 0.05) is 11.7 Å². The van der Waals surface area contributed by atoms with Gasteiger partial charge in [0.15, 0.2) is 0 Å². The van der Waals surface area contributed by atoms with Crippen LogP contribution in [0, 0.1) is 12.7 Å². The first-order valence-corrected chi connectivity index (χ1v) is 7.73. The number of hydrogen-bond acceptors (Lipinski definition) is 3. The first-order valence-electron chi connectivity index (χ1n) is 6.68. The van der Waals surface area contributed by atoms with Crippen LogP contribution < -0.4 is 16.0 Å². The van der Waals surface area contributed by atoms with Crippen molar-refractivity contribution in [2.24, 2.45) is 0 Å². The molecule has 7 heteroatoms. The molecule has 5 nitrogen and oxygen atoms in total. The molecule has 1 aliphatic heterocycles. The van der Waals surface area contributed by atoms with E-state index in [0.717, 1.165) is 6.42 Å². The lowest BCUT2D eigenvalue weighted by molar-refractivity contribution is -0.113. The number of halogens is 1. The van der Waals surface area contributed by atoms with Gasteiger partial charge in [-0.3, -0.25) is 4.79 Å². The van der Waals surface area contributed by atoms with Gasteiger partial charge in [0.25, 0.3) is 0 Å². The van der Waals surface area contributed by atoms with Crippen LogP contribution >= 0.6 is 11.8 Å². The third kappa shape index (κ3) is 4.63. The highest BCUT2D eigenvalue weighted by atomic mass is 32.2. The molecule has 21 heavy (non-hydrogen) atoms. The first-order chi connectivity index (χ1) is 9.94. The van der Waals surface area contributed by atoms with Gasteiger partial charge in [-0.25, -0.2) is 9.18 Å². The zero-order valence-corrected chi connectivity index (χ0v) is 12.7. The van der Waals surface area contributed by atoms with Gasteiger partial charge in [0.05, 0.1) is 11.1 Å². The van der Waals surface area contributed by atoms with Crippen molar-refractivity contribution in [3.8, 4) is 0 Å². The Morgan fingerprint density at radius 3 is 2.90 bits per heavy atom. The van der Waals surface area contributed by atoms with E-state index in [0.29, 0.717) is 11.3 Å². The highest BCUT2D eigenvalue weighted by Gasteiger charge is 2.23. The van der Waals surface area contributed by atoms with E-state index in [9.17, 15) is 14.0 Å². The standard InChI is InChI=1S/C14H18FN3O2S/c1-8-3-4-10(6-11(8)15)17-12(19)7-21-13-5-9(2)16-14(20)18-13/h3-4,6,9,13H,5,7H2,1-2H3,(H,17,19)(H2,16,18,20). The molecule has 2 rings (SSSR count). The molecule has 0 radical (unpaired) electrons. The summed E-state index contributed by atoms with van der Waals surface area (Å²) in [6.45, 7) is 3.58. The molecule has 1 aliphatic rings. The summed E-state index contributed by atoms with van der Waals surface area (Å²) in [5, 5.41) is 8.05. The van der Waals surface area contributed by atoms with Crippen molar-refractivity contribution < 1.29 is 14.0 Å². The lowest BCUT2D eigenvalue weighted by atomic mass is 10.2. The van der Waals surface area contributed by atoms with Crippen molar-refractivity contribution in [3.63, 3.8) is 0 Å². The molecule has 114 valence electrons. The number of carbonyl (C=O) groups excluding carboxylic acids is 2. The quantitative estimate of drug-likeness (QED) is 0.798. The van der Waals surface area contributed by atoms with E-state index in [1.54, 1.807) is 19.1 Å². The first kappa shape index (κ1) is 15.6. The average Bonchev–Trinajstić information content (AvgIpc) is 2.40. The maximum atomic E-state index is 13.4. The SMILES string of the molecule is Cc1ccc(NC(=O)CSC2CC(C)NC(=O)N2)cc1F. The highest BCUT2D eigenvalue weighted by Crippen LogP contribution is 2.18. The summed E-state index contributed by atoms with van der Waals surface area (Å²) in [5.41, 5.74) is 0.972. The minimum atomic E-state index is -0.347. The molecule has 1 aromatic rings. The number of carbonyl (C=O) groups is 2. The Morgan fingerprint density at radius 2 is 2.24 bits per heavy atom. The molecule has 0 saturated carbocycles. The zero-order chi connectivity index (χ0) is 15.4. The normalized spacial score (nSPS) is 21.4. The van der Waals surface area contributed by atoms with Crippen molar-refractivity contribution in [1.29, 1.82) is 0 Å². The zero-order valence-electron chi connectivity index (χ0n) is 11.9. The van der Waals surface area contributed by atoms with Crippen LogP contribution in [0.4, 0.5) is 14.9 Å². The Bertz CT molecular complexity index is 553. The number of rotatable bonds is 4.